The van der Waals surface area contributed by atoms with Crippen LogP contribution in [0.2, 0.25) is 0 Å². The minimum absolute atomic E-state index is 0.339. The Morgan fingerprint density at radius 1 is 1.38 bits per heavy atom. The van der Waals surface area contributed by atoms with E-state index < -0.39 is 32.5 Å². The molecule has 2 unspecified atom stereocenters. The van der Waals surface area contributed by atoms with Gasteiger partial charge in [-0.2, -0.15) is 0 Å². The summed E-state index contributed by atoms with van der Waals surface area (Å²) in [5.74, 6) is -0.847. The molecular weight excluding hydrogens is 262 g/mol. The van der Waals surface area contributed by atoms with Crippen LogP contribution < -0.4 is 0 Å². The quantitative estimate of drug-likeness (QED) is 0.348. The number of rotatable bonds is 6. The molecule has 0 aliphatic rings. The van der Waals surface area contributed by atoms with Gasteiger partial charge in [0.15, 0.2) is 0 Å². The highest BCUT2D eigenvalue weighted by atomic mass is 31.2. The average molecular weight is 276 g/mol. The monoisotopic (exact) mass is 276 g/mol. The van der Waals surface area contributed by atoms with Gasteiger partial charge in [-0.25, -0.2) is 0 Å². The summed E-state index contributed by atoms with van der Waals surface area (Å²) >= 11 is 0. The number of aliphatic hydroxyl groups excluding tert-OH is 1. The summed E-state index contributed by atoms with van der Waals surface area (Å²) in [6.45, 7) is 3.85. The molecule has 16 heavy (non-hydrogen) atoms. The van der Waals surface area contributed by atoms with Crippen LogP contribution in [0.4, 0.5) is 0 Å². The van der Waals surface area contributed by atoms with Crippen molar-refractivity contribution in [3.05, 3.63) is 12.3 Å². The largest absolute Gasteiger partial charge is 0.513 e. The summed E-state index contributed by atoms with van der Waals surface area (Å²) in [7, 11) is -10.4. The molecule has 0 heterocycles. The summed E-state index contributed by atoms with van der Waals surface area (Å²) in [6, 6.07) is 0. The Labute approximate surface area is 91.9 Å². The molecule has 0 aliphatic heterocycles. The minimum Gasteiger partial charge on any atom is -0.513 e. The van der Waals surface area contributed by atoms with Gasteiger partial charge in [0.1, 0.15) is 0 Å². The summed E-state index contributed by atoms with van der Waals surface area (Å²) < 4.78 is 26.7. The van der Waals surface area contributed by atoms with Crippen molar-refractivity contribution >= 4 is 15.2 Å². The van der Waals surface area contributed by atoms with Crippen LogP contribution in [0.3, 0.4) is 0 Å². The Morgan fingerprint density at radius 2 is 1.81 bits per heavy atom. The van der Waals surface area contributed by atoms with E-state index in [0.717, 1.165) is 0 Å². The third-order valence-corrected chi connectivity index (χ3v) is 5.97. The zero-order chi connectivity index (χ0) is 13.2. The molecule has 96 valence electrons. The first-order valence-corrected chi connectivity index (χ1v) is 7.29. The van der Waals surface area contributed by atoms with Gasteiger partial charge >= 0.3 is 15.2 Å². The maximum atomic E-state index is 11.5. The SMILES string of the molecule is C=C(O)CC(O)(P(=O)(O)O)P(=O)(O)OCC. The molecule has 0 amide bonds. The van der Waals surface area contributed by atoms with E-state index in [4.69, 9.17) is 14.9 Å². The van der Waals surface area contributed by atoms with Crippen molar-refractivity contribution < 1.29 is 38.5 Å². The second kappa shape index (κ2) is 4.98. The third-order valence-electron chi connectivity index (χ3n) is 1.66. The van der Waals surface area contributed by atoms with E-state index in [1.54, 1.807) is 0 Å². The van der Waals surface area contributed by atoms with Crippen LogP contribution in [-0.2, 0) is 13.7 Å². The molecule has 0 radical (unpaired) electrons. The fourth-order valence-corrected chi connectivity index (χ4v) is 3.74. The number of hydrogen-bond donors (Lipinski definition) is 5. The van der Waals surface area contributed by atoms with E-state index in [1.165, 1.54) is 6.92 Å². The lowest BCUT2D eigenvalue weighted by atomic mass is 10.4. The van der Waals surface area contributed by atoms with Crippen molar-refractivity contribution in [1.29, 1.82) is 0 Å². The summed E-state index contributed by atoms with van der Waals surface area (Å²) in [5.41, 5.74) is 0. The Hall–Kier alpha value is -0.200. The van der Waals surface area contributed by atoms with Gasteiger partial charge in [-0.3, -0.25) is 9.13 Å². The number of hydrogen-bond acceptors (Lipinski definition) is 5. The average Bonchev–Trinajstić information content (AvgIpc) is 1.99. The second-order valence-corrected chi connectivity index (χ2v) is 7.22. The molecule has 5 N–H and O–H groups in total. The van der Waals surface area contributed by atoms with Crippen LogP contribution >= 0.6 is 15.2 Å². The first-order chi connectivity index (χ1) is 6.98. The lowest BCUT2D eigenvalue weighted by Crippen LogP contribution is -2.30. The zero-order valence-electron chi connectivity index (χ0n) is 8.48. The second-order valence-electron chi connectivity index (χ2n) is 3.00. The van der Waals surface area contributed by atoms with Gasteiger partial charge in [0.05, 0.1) is 18.8 Å². The normalized spacial score (nSPS) is 19.8. The van der Waals surface area contributed by atoms with Crippen molar-refractivity contribution in [2.75, 3.05) is 6.61 Å². The predicted octanol–water partition coefficient (Wildman–Crippen LogP) is 0.494. The predicted molar refractivity (Wildman–Crippen MR) is 54.8 cm³/mol. The van der Waals surface area contributed by atoms with Gasteiger partial charge < -0.3 is 29.4 Å². The summed E-state index contributed by atoms with van der Waals surface area (Å²) in [6.07, 6.45) is -1.16. The van der Waals surface area contributed by atoms with Crippen molar-refractivity contribution in [2.45, 2.75) is 18.4 Å². The molecule has 0 saturated carbocycles. The van der Waals surface area contributed by atoms with Gasteiger partial charge in [-0.05, 0) is 6.92 Å². The fraction of sp³-hybridized carbons (Fsp3) is 0.667. The van der Waals surface area contributed by atoms with Crippen molar-refractivity contribution in [1.82, 2.24) is 0 Å². The molecule has 0 fully saturated rings. The number of aliphatic hydroxyl groups is 2. The lowest BCUT2D eigenvalue weighted by Gasteiger charge is -2.31. The van der Waals surface area contributed by atoms with E-state index in [0.29, 0.717) is 0 Å². The molecular formula is C6H14O8P2. The summed E-state index contributed by atoms with van der Waals surface area (Å²) in [5, 5.41) is 15.0. The van der Waals surface area contributed by atoms with Gasteiger partial charge in [-0.15, -0.1) is 0 Å². The van der Waals surface area contributed by atoms with Crippen LogP contribution in [0.5, 0.6) is 0 Å². The van der Waals surface area contributed by atoms with Gasteiger partial charge in [-0.1, -0.05) is 6.58 Å². The van der Waals surface area contributed by atoms with Crippen LogP contribution in [-0.4, -0.2) is 36.6 Å². The summed E-state index contributed by atoms with van der Waals surface area (Å²) in [4.78, 5) is 26.9. The lowest BCUT2D eigenvalue weighted by molar-refractivity contribution is 0.108. The Balaban J connectivity index is 5.50. The van der Waals surface area contributed by atoms with Crippen molar-refractivity contribution in [3.63, 3.8) is 0 Å². The van der Waals surface area contributed by atoms with Gasteiger partial charge in [0.25, 0.3) is 5.08 Å². The molecule has 0 aliphatic carbocycles. The van der Waals surface area contributed by atoms with E-state index in [9.17, 15) is 19.1 Å². The smallest absolute Gasteiger partial charge is 0.372 e. The molecule has 0 rings (SSSR count). The highest BCUT2D eigenvalue weighted by Crippen LogP contribution is 2.71. The standard InChI is InChI=1S/C6H14O8P2/c1-3-14-16(12,13)6(8,4-5(2)7)15(9,10)11/h7-8H,2-4H2,1H3,(H,12,13)(H2,9,10,11). The first-order valence-electron chi connectivity index (χ1n) is 4.10. The van der Waals surface area contributed by atoms with Crippen molar-refractivity contribution in [3.8, 4) is 0 Å². The molecule has 0 aromatic heterocycles. The molecule has 0 aromatic rings. The van der Waals surface area contributed by atoms with Crippen LogP contribution in [0.15, 0.2) is 12.3 Å². The maximum Gasteiger partial charge on any atom is 0.372 e. The fourth-order valence-electron chi connectivity index (χ4n) is 0.920. The molecule has 0 saturated heterocycles. The minimum atomic E-state index is -5.40. The van der Waals surface area contributed by atoms with E-state index in [-0.39, 0.29) is 6.61 Å². The van der Waals surface area contributed by atoms with Gasteiger partial charge in [0.2, 0.25) is 0 Å². The van der Waals surface area contributed by atoms with Crippen LogP contribution in [0, 0.1) is 0 Å². The van der Waals surface area contributed by atoms with E-state index in [2.05, 4.69) is 11.1 Å². The molecule has 0 bridgehead atoms. The molecule has 2 atom stereocenters. The van der Waals surface area contributed by atoms with E-state index >= 15 is 0 Å². The highest BCUT2D eigenvalue weighted by molar-refractivity contribution is 7.72. The Morgan fingerprint density at radius 3 is 2.06 bits per heavy atom. The topological polar surface area (TPSA) is 145 Å². The Bertz CT molecular complexity index is 360. The maximum absolute atomic E-state index is 11.5. The Kier molecular flexibility index (Phi) is 4.91. The first kappa shape index (κ1) is 15.8. The van der Waals surface area contributed by atoms with Crippen LogP contribution in [0.1, 0.15) is 13.3 Å². The molecule has 10 heteroatoms. The third kappa shape index (κ3) is 3.15. The zero-order valence-corrected chi connectivity index (χ0v) is 10.3. The van der Waals surface area contributed by atoms with Gasteiger partial charge in [0, 0.05) is 0 Å². The van der Waals surface area contributed by atoms with Crippen LogP contribution in [0.25, 0.3) is 0 Å². The van der Waals surface area contributed by atoms with E-state index in [1.807, 2.05) is 0 Å². The molecule has 8 nitrogen and oxygen atoms in total. The van der Waals surface area contributed by atoms with Crippen molar-refractivity contribution in [2.24, 2.45) is 0 Å². The molecule has 0 aromatic carbocycles. The highest BCUT2D eigenvalue weighted by Gasteiger charge is 2.61. The molecule has 0 spiro atoms.